The number of hydrogen-bond donors (Lipinski definition) is 1. The summed E-state index contributed by atoms with van der Waals surface area (Å²) in [4.78, 5) is 51.9. The number of benzene rings is 1. The number of aliphatic carboxylic acids is 1. The molecule has 4 aliphatic rings. The molecule has 1 aromatic carbocycles. The molecule has 8 heteroatoms. The summed E-state index contributed by atoms with van der Waals surface area (Å²) in [5.74, 6) is -2.44. The van der Waals surface area contributed by atoms with Gasteiger partial charge in [0, 0.05) is 6.42 Å². The van der Waals surface area contributed by atoms with Gasteiger partial charge in [0.25, 0.3) is 17.7 Å². The molecule has 1 aliphatic carbocycles. The fourth-order valence-corrected chi connectivity index (χ4v) is 6.23. The van der Waals surface area contributed by atoms with Crippen molar-refractivity contribution in [1.82, 2.24) is 9.80 Å². The van der Waals surface area contributed by atoms with Crippen molar-refractivity contribution in [3.05, 3.63) is 35.4 Å². The number of carboxylic acids is 1. The van der Waals surface area contributed by atoms with Gasteiger partial charge < -0.3 is 10.0 Å². The second-order valence-corrected chi connectivity index (χ2v) is 8.38. The highest BCUT2D eigenvalue weighted by Gasteiger charge is 2.85. The number of β-lactam (4-membered cyclic amide) rings is 1. The number of rotatable bonds is 2. The van der Waals surface area contributed by atoms with Crippen molar-refractivity contribution in [3.8, 4) is 0 Å². The lowest BCUT2D eigenvalue weighted by Crippen LogP contribution is -2.72. The van der Waals surface area contributed by atoms with Crippen LogP contribution >= 0.6 is 11.8 Å². The van der Waals surface area contributed by atoms with Crippen LogP contribution in [0.15, 0.2) is 24.3 Å². The second kappa shape index (κ2) is 3.83. The number of imide groups is 1. The summed E-state index contributed by atoms with van der Waals surface area (Å²) < 4.78 is -0.549. The summed E-state index contributed by atoms with van der Waals surface area (Å²) in [6, 6.07) is 5.55. The number of nitrogens with zero attached hydrogens (tertiary/aromatic N) is 2. The van der Waals surface area contributed by atoms with E-state index in [-0.39, 0.29) is 0 Å². The van der Waals surface area contributed by atoms with Crippen molar-refractivity contribution in [3.63, 3.8) is 0 Å². The van der Waals surface area contributed by atoms with Crippen molar-refractivity contribution < 1.29 is 24.3 Å². The summed E-state index contributed by atoms with van der Waals surface area (Å²) in [5, 5.41) is 9.08. The Hall–Kier alpha value is -2.35. The maximum atomic E-state index is 12.7. The van der Waals surface area contributed by atoms with E-state index < -0.39 is 45.4 Å². The van der Waals surface area contributed by atoms with Gasteiger partial charge in [-0.3, -0.25) is 19.3 Å². The first kappa shape index (κ1) is 14.0. The molecule has 0 spiro atoms. The van der Waals surface area contributed by atoms with Crippen molar-refractivity contribution in [2.75, 3.05) is 0 Å². The van der Waals surface area contributed by atoms with E-state index in [1.54, 1.807) is 24.3 Å². The van der Waals surface area contributed by atoms with Crippen LogP contribution in [-0.4, -0.2) is 60.3 Å². The van der Waals surface area contributed by atoms with Gasteiger partial charge in [-0.1, -0.05) is 12.1 Å². The second-order valence-electron chi connectivity index (χ2n) is 6.76. The molecule has 5 rings (SSSR count). The van der Waals surface area contributed by atoms with E-state index in [1.165, 1.54) is 16.7 Å². The first-order valence-corrected chi connectivity index (χ1v) is 8.43. The Bertz CT molecular complexity index is 850. The third kappa shape index (κ3) is 1.23. The summed E-state index contributed by atoms with van der Waals surface area (Å²) in [6.45, 7) is 1.82. The van der Waals surface area contributed by atoms with Gasteiger partial charge in [0.1, 0.15) is 11.4 Å². The smallest absolute Gasteiger partial charge is 0.331 e. The highest BCUT2D eigenvalue weighted by Crippen LogP contribution is 2.72. The molecule has 0 aromatic heterocycles. The molecule has 3 aliphatic heterocycles. The largest absolute Gasteiger partial charge is 0.479 e. The van der Waals surface area contributed by atoms with E-state index in [0.29, 0.717) is 17.5 Å². The number of hydrogen-bond acceptors (Lipinski definition) is 5. The predicted octanol–water partition coefficient (Wildman–Crippen LogP) is 0.552. The van der Waals surface area contributed by atoms with Crippen LogP contribution < -0.4 is 0 Å². The van der Waals surface area contributed by atoms with E-state index in [0.717, 1.165) is 4.90 Å². The van der Waals surface area contributed by atoms with Crippen LogP contribution in [0.2, 0.25) is 0 Å². The number of amides is 3. The van der Waals surface area contributed by atoms with Crippen LogP contribution in [0, 0.1) is 0 Å². The minimum absolute atomic E-state index is 0.293. The van der Waals surface area contributed by atoms with E-state index in [2.05, 4.69) is 0 Å². The average molecular weight is 344 g/mol. The van der Waals surface area contributed by atoms with E-state index >= 15 is 0 Å². The summed E-state index contributed by atoms with van der Waals surface area (Å²) in [7, 11) is 0. The molecule has 1 N–H and O–H groups in total. The SMILES string of the molecule is CC12CC1(C(=O)O)N1C(=O)C(N3C(=O)c4ccccc4C3=O)[C@@H]1S2. The topological polar surface area (TPSA) is 95.0 Å². The van der Waals surface area contributed by atoms with E-state index in [1.807, 2.05) is 6.92 Å². The van der Waals surface area contributed by atoms with Crippen LogP contribution in [0.5, 0.6) is 0 Å². The Kier molecular flexibility index (Phi) is 2.24. The Labute approximate surface area is 140 Å². The molecule has 122 valence electrons. The number of carboxylic acid groups (broad SMARTS) is 1. The Morgan fingerprint density at radius 3 is 2.33 bits per heavy atom. The minimum Gasteiger partial charge on any atom is -0.479 e. The normalized spacial score (nSPS) is 38.6. The molecule has 7 nitrogen and oxygen atoms in total. The first-order valence-electron chi connectivity index (χ1n) is 7.55. The number of fused-ring (bicyclic) bond motifs is 4. The third-order valence-electron chi connectivity index (χ3n) is 5.61. The molecule has 0 radical (unpaired) electrons. The average Bonchev–Trinajstić information content (AvgIpc) is 2.99. The van der Waals surface area contributed by atoms with Crippen molar-refractivity contribution >= 4 is 35.5 Å². The van der Waals surface area contributed by atoms with Crippen LogP contribution in [-0.2, 0) is 9.59 Å². The number of thioether (sulfide) groups is 1. The number of carbonyl (C=O) groups excluding carboxylic acids is 3. The van der Waals surface area contributed by atoms with Crippen LogP contribution in [0.3, 0.4) is 0 Å². The van der Waals surface area contributed by atoms with Crippen LogP contribution in [0.1, 0.15) is 34.1 Å². The van der Waals surface area contributed by atoms with Gasteiger partial charge in [0.2, 0.25) is 0 Å². The fourth-order valence-electron chi connectivity index (χ4n) is 4.26. The Morgan fingerprint density at radius 2 is 1.79 bits per heavy atom. The van der Waals surface area contributed by atoms with Crippen molar-refractivity contribution in [1.29, 1.82) is 0 Å². The lowest BCUT2D eigenvalue weighted by molar-refractivity contribution is -0.165. The standard InChI is InChI=1S/C16H12N2O5S/c1-15-6-16(15,14(22)23)18-12(21)9(13(18)24-15)17-10(19)7-4-2-3-5-8(7)11(17)20/h2-5,9,13H,6H2,1H3,(H,22,23)/t9?,13-,15?,16?/m0/s1. The maximum absolute atomic E-state index is 12.7. The van der Waals surface area contributed by atoms with Gasteiger partial charge >= 0.3 is 5.97 Å². The molecular formula is C16H12N2O5S. The third-order valence-corrected chi connectivity index (χ3v) is 7.32. The van der Waals surface area contributed by atoms with E-state index in [4.69, 9.17) is 0 Å². The van der Waals surface area contributed by atoms with Gasteiger partial charge in [0.05, 0.1) is 15.9 Å². The highest BCUT2D eigenvalue weighted by molar-refractivity contribution is 8.02. The fraction of sp³-hybridized carbons (Fsp3) is 0.375. The first-order chi connectivity index (χ1) is 11.3. The highest BCUT2D eigenvalue weighted by atomic mass is 32.2. The maximum Gasteiger partial charge on any atom is 0.331 e. The molecule has 0 bridgehead atoms. The quantitative estimate of drug-likeness (QED) is 0.622. The summed E-state index contributed by atoms with van der Waals surface area (Å²) in [6.07, 6.45) is 0.400. The Morgan fingerprint density at radius 1 is 1.21 bits per heavy atom. The van der Waals surface area contributed by atoms with Gasteiger partial charge in [-0.2, -0.15) is 0 Å². The van der Waals surface area contributed by atoms with Gasteiger partial charge in [-0.15, -0.1) is 11.8 Å². The summed E-state index contributed by atoms with van der Waals surface area (Å²) >= 11 is 1.38. The molecule has 3 amide bonds. The minimum atomic E-state index is -1.19. The molecular weight excluding hydrogens is 332 g/mol. The molecule has 24 heavy (non-hydrogen) atoms. The molecule has 3 fully saturated rings. The monoisotopic (exact) mass is 344 g/mol. The van der Waals surface area contributed by atoms with Crippen molar-refractivity contribution in [2.24, 2.45) is 0 Å². The number of carbonyl (C=O) groups is 4. The van der Waals surface area contributed by atoms with Gasteiger partial charge in [-0.25, -0.2) is 4.79 Å². The lowest BCUT2D eigenvalue weighted by Gasteiger charge is -2.48. The zero-order chi connectivity index (χ0) is 17.0. The Balaban J connectivity index is 1.52. The zero-order valence-corrected chi connectivity index (χ0v) is 13.4. The van der Waals surface area contributed by atoms with Gasteiger partial charge in [-0.05, 0) is 19.1 Å². The molecule has 1 saturated carbocycles. The predicted molar refractivity (Wildman–Crippen MR) is 82.3 cm³/mol. The lowest BCUT2D eigenvalue weighted by atomic mass is 9.99. The van der Waals surface area contributed by atoms with Crippen molar-refractivity contribution in [2.45, 2.75) is 35.0 Å². The zero-order valence-electron chi connectivity index (χ0n) is 12.6. The molecule has 2 saturated heterocycles. The van der Waals surface area contributed by atoms with Crippen LogP contribution in [0.4, 0.5) is 0 Å². The molecule has 4 atom stereocenters. The molecule has 1 aromatic rings. The molecule has 3 heterocycles. The molecule has 3 unspecified atom stereocenters. The summed E-state index contributed by atoms with van der Waals surface area (Å²) in [5.41, 5.74) is -0.601. The van der Waals surface area contributed by atoms with Crippen LogP contribution in [0.25, 0.3) is 0 Å². The van der Waals surface area contributed by atoms with E-state index in [9.17, 15) is 24.3 Å². The van der Waals surface area contributed by atoms with Gasteiger partial charge in [0.15, 0.2) is 5.54 Å².